The number of amides is 1. The van der Waals surface area contributed by atoms with E-state index in [4.69, 9.17) is 0 Å². The fraction of sp³-hybridized carbons (Fsp3) is 0.700. The minimum atomic E-state index is -0.398. The molecular weight excluding hydrogens is 388 g/mol. The number of nitrogens with one attached hydrogen (secondary N) is 1. The summed E-state index contributed by atoms with van der Waals surface area (Å²) in [6, 6.07) is 1.29. The van der Waals surface area contributed by atoms with Gasteiger partial charge in [-0.05, 0) is 44.7 Å². The van der Waals surface area contributed by atoms with E-state index >= 15 is 0 Å². The van der Waals surface area contributed by atoms with E-state index in [9.17, 15) is 9.59 Å². The van der Waals surface area contributed by atoms with Crippen LogP contribution in [-0.4, -0.2) is 64.7 Å². The van der Waals surface area contributed by atoms with Crippen molar-refractivity contribution in [3.63, 3.8) is 0 Å². The van der Waals surface area contributed by atoms with Gasteiger partial charge in [0.25, 0.3) is 11.5 Å². The van der Waals surface area contributed by atoms with Gasteiger partial charge in [-0.25, -0.2) is 0 Å². The van der Waals surface area contributed by atoms with Gasteiger partial charge in [-0.1, -0.05) is 31.1 Å². The molecule has 1 atom stereocenters. The van der Waals surface area contributed by atoms with Gasteiger partial charge >= 0.3 is 0 Å². The molecule has 2 aromatic heterocycles. The minimum Gasteiger partial charge on any atom is -0.349 e. The van der Waals surface area contributed by atoms with Gasteiger partial charge in [-0.15, -0.1) is 5.10 Å². The summed E-state index contributed by atoms with van der Waals surface area (Å²) in [5.74, 6) is 0.351. The lowest BCUT2D eigenvalue weighted by Gasteiger charge is -2.30. The fourth-order valence-electron chi connectivity index (χ4n) is 4.24. The Labute approximate surface area is 174 Å². The molecule has 2 fully saturated rings. The second-order valence-corrected chi connectivity index (χ2v) is 9.20. The van der Waals surface area contributed by atoms with E-state index in [2.05, 4.69) is 32.1 Å². The maximum absolute atomic E-state index is 12.8. The van der Waals surface area contributed by atoms with Crippen molar-refractivity contribution in [2.45, 2.75) is 45.4 Å². The lowest BCUT2D eigenvalue weighted by molar-refractivity contribution is 0.0940. The zero-order valence-corrected chi connectivity index (χ0v) is 17.9. The van der Waals surface area contributed by atoms with E-state index < -0.39 is 5.56 Å². The Kier molecular flexibility index (Phi) is 6.44. The first kappa shape index (κ1) is 20.3. The van der Waals surface area contributed by atoms with Crippen molar-refractivity contribution in [3.8, 4) is 0 Å². The van der Waals surface area contributed by atoms with Crippen LogP contribution in [0.25, 0.3) is 4.96 Å². The number of anilines is 1. The molecule has 8 nitrogen and oxygen atoms in total. The number of likely N-dealkylation sites (tertiary alicyclic amines) is 1. The van der Waals surface area contributed by atoms with Crippen molar-refractivity contribution in [3.05, 3.63) is 22.1 Å². The van der Waals surface area contributed by atoms with E-state index in [0.717, 1.165) is 44.3 Å². The van der Waals surface area contributed by atoms with Crippen molar-refractivity contribution in [2.75, 3.05) is 44.2 Å². The van der Waals surface area contributed by atoms with Gasteiger partial charge in [0.2, 0.25) is 10.1 Å². The first-order valence-electron chi connectivity index (χ1n) is 10.8. The Hall–Kier alpha value is -2.00. The number of fused-ring (bicyclic) bond motifs is 1. The lowest BCUT2D eigenvalue weighted by Crippen LogP contribution is -2.36. The summed E-state index contributed by atoms with van der Waals surface area (Å²) in [5.41, 5.74) is -0.131. The molecule has 2 aliphatic heterocycles. The number of hydrogen-bond acceptors (Lipinski definition) is 7. The van der Waals surface area contributed by atoms with Crippen molar-refractivity contribution in [1.82, 2.24) is 24.8 Å². The molecule has 0 aliphatic carbocycles. The number of carbonyl (C=O) groups is 1. The van der Waals surface area contributed by atoms with Crippen LogP contribution in [0, 0.1) is 5.92 Å². The Bertz CT molecular complexity index is 902. The number of rotatable bonds is 5. The maximum atomic E-state index is 12.8. The van der Waals surface area contributed by atoms with Crippen molar-refractivity contribution >= 4 is 27.3 Å². The number of aromatic nitrogens is 3. The molecule has 2 aliphatic rings. The third-order valence-corrected chi connectivity index (χ3v) is 6.79. The van der Waals surface area contributed by atoms with E-state index in [1.54, 1.807) is 0 Å². The Morgan fingerprint density at radius 3 is 2.76 bits per heavy atom. The van der Waals surface area contributed by atoms with Crippen molar-refractivity contribution < 1.29 is 4.79 Å². The predicted molar refractivity (Wildman–Crippen MR) is 115 cm³/mol. The zero-order chi connectivity index (χ0) is 20.2. The third-order valence-electron chi connectivity index (χ3n) is 5.82. The average Bonchev–Trinajstić information content (AvgIpc) is 2.95. The van der Waals surface area contributed by atoms with Crippen LogP contribution in [0.15, 0.2) is 10.9 Å². The molecule has 2 saturated heterocycles. The van der Waals surface area contributed by atoms with E-state index in [-0.39, 0.29) is 11.6 Å². The van der Waals surface area contributed by atoms with Gasteiger partial charge in [-0.2, -0.15) is 9.50 Å². The molecule has 0 radical (unpaired) electrons. The van der Waals surface area contributed by atoms with Crippen LogP contribution in [-0.2, 0) is 0 Å². The first-order valence-corrected chi connectivity index (χ1v) is 11.6. The molecule has 2 aromatic rings. The molecule has 4 heterocycles. The molecule has 0 aromatic carbocycles. The van der Waals surface area contributed by atoms with Crippen molar-refractivity contribution in [2.24, 2.45) is 5.92 Å². The predicted octanol–water partition coefficient (Wildman–Crippen LogP) is 1.99. The molecule has 4 rings (SSSR count). The third kappa shape index (κ3) is 4.95. The molecule has 0 bridgehead atoms. The standard InChI is InChI=1S/C20H30N6O2S/c1-15-7-6-11-25(14-15)20-23-26-16(13-17(27)22-19(26)29-20)18(28)21-8-12-24-9-4-2-3-5-10-24/h13,15H,2-12,14H2,1H3,(H,21,28)/t15-/m0/s1. The molecule has 9 heteroatoms. The normalized spacial score (nSPS) is 21.3. The fourth-order valence-corrected chi connectivity index (χ4v) is 5.18. The van der Waals surface area contributed by atoms with Gasteiger partial charge in [0.15, 0.2) is 0 Å². The summed E-state index contributed by atoms with van der Waals surface area (Å²) in [6.07, 6.45) is 7.40. The number of hydrogen-bond donors (Lipinski definition) is 1. The molecule has 1 amide bonds. The largest absolute Gasteiger partial charge is 0.349 e. The zero-order valence-electron chi connectivity index (χ0n) is 17.1. The quantitative estimate of drug-likeness (QED) is 0.800. The molecule has 0 unspecified atom stereocenters. The van der Waals surface area contributed by atoms with Crippen LogP contribution >= 0.6 is 11.3 Å². The summed E-state index contributed by atoms with van der Waals surface area (Å²) < 4.78 is 1.53. The van der Waals surface area contributed by atoms with Gasteiger partial charge < -0.3 is 15.1 Å². The molecule has 158 valence electrons. The number of carbonyl (C=O) groups excluding carboxylic acids is 1. The average molecular weight is 419 g/mol. The first-order chi connectivity index (χ1) is 14.1. The lowest BCUT2D eigenvalue weighted by atomic mass is 10.0. The number of piperidine rings is 1. The summed E-state index contributed by atoms with van der Waals surface area (Å²) in [5, 5.41) is 8.42. The second kappa shape index (κ2) is 9.21. The minimum absolute atomic E-state index is 0.266. The SMILES string of the molecule is C[C@H]1CCCN(c2nn3c(C(=O)NCCN4CCCCCC4)cc(=O)nc3s2)C1. The van der Waals surface area contributed by atoms with Gasteiger partial charge in [0.05, 0.1) is 0 Å². The van der Waals surface area contributed by atoms with Crippen LogP contribution in [0.4, 0.5) is 5.13 Å². The van der Waals surface area contributed by atoms with Crippen LogP contribution < -0.4 is 15.8 Å². The summed E-state index contributed by atoms with van der Waals surface area (Å²) >= 11 is 1.38. The molecule has 0 spiro atoms. The summed E-state index contributed by atoms with van der Waals surface area (Å²) in [7, 11) is 0. The highest BCUT2D eigenvalue weighted by Gasteiger charge is 2.22. The highest BCUT2D eigenvalue weighted by molar-refractivity contribution is 7.20. The molecular formula is C20H30N6O2S. The highest BCUT2D eigenvalue weighted by atomic mass is 32.1. The summed E-state index contributed by atoms with van der Waals surface area (Å²) in [6.45, 7) is 7.73. The van der Waals surface area contributed by atoms with Crippen LogP contribution in [0.5, 0.6) is 0 Å². The monoisotopic (exact) mass is 418 g/mol. The van der Waals surface area contributed by atoms with Crippen LogP contribution in [0.2, 0.25) is 0 Å². The van der Waals surface area contributed by atoms with E-state index in [0.29, 0.717) is 17.4 Å². The Morgan fingerprint density at radius 2 is 2.00 bits per heavy atom. The topological polar surface area (TPSA) is 82.8 Å². The maximum Gasteiger partial charge on any atom is 0.274 e. The van der Waals surface area contributed by atoms with E-state index in [1.165, 1.54) is 54.0 Å². The Morgan fingerprint density at radius 1 is 1.21 bits per heavy atom. The van der Waals surface area contributed by atoms with Gasteiger partial charge in [-0.3, -0.25) is 9.59 Å². The van der Waals surface area contributed by atoms with E-state index in [1.807, 2.05) is 0 Å². The summed E-state index contributed by atoms with van der Waals surface area (Å²) in [4.78, 5) is 34.0. The van der Waals surface area contributed by atoms with Crippen LogP contribution in [0.1, 0.15) is 55.9 Å². The van der Waals surface area contributed by atoms with Gasteiger partial charge in [0, 0.05) is 32.2 Å². The number of nitrogens with zero attached hydrogens (tertiary/aromatic N) is 5. The van der Waals surface area contributed by atoms with Crippen molar-refractivity contribution in [1.29, 1.82) is 0 Å². The molecule has 0 saturated carbocycles. The second-order valence-electron chi connectivity index (χ2n) is 8.26. The molecule has 29 heavy (non-hydrogen) atoms. The highest BCUT2D eigenvalue weighted by Crippen LogP contribution is 2.27. The van der Waals surface area contributed by atoms with Gasteiger partial charge in [0.1, 0.15) is 5.69 Å². The Balaban J connectivity index is 1.47. The van der Waals surface area contributed by atoms with Crippen LogP contribution in [0.3, 0.4) is 0 Å². The smallest absolute Gasteiger partial charge is 0.274 e. The molecule has 1 N–H and O–H groups in total.